The van der Waals surface area contributed by atoms with Crippen molar-refractivity contribution in [2.24, 2.45) is 5.92 Å². The molecule has 0 spiro atoms. The molecule has 3 amide bonds. The van der Waals surface area contributed by atoms with Gasteiger partial charge in [-0.25, -0.2) is 4.98 Å². The molecule has 85 heavy (non-hydrogen) atoms. The molecule has 1 unspecified atom stereocenters. The molecule has 4 N–H and O–H groups in total. The first-order valence-electron chi connectivity index (χ1n) is 28.8. The van der Waals surface area contributed by atoms with E-state index in [2.05, 4.69) is 104 Å². The fraction of sp³-hybridized carbons (Fsp3) is 0.375. The number of piperazine rings is 1. The summed E-state index contributed by atoms with van der Waals surface area (Å²) >= 11 is 0. The topological polar surface area (TPSA) is 212 Å². The number of halogens is 3. The maximum atomic E-state index is 13.7. The number of hydrogen-bond donors (Lipinski definition) is 4. The third-order valence-electron chi connectivity index (χ3n) is 16.3. The van der Waals surface area contributed by atoms with Gasteiger partial charge in [-0.15, -0.1) is 10.2 Å². The zero-order valence-electron chi connectivity index (χ0n) is 48.0. The van der Waals surface area contributed by atoms with Gasteiger partial charge in [0.1, 0.15) is 23.9 Å². The Bertz CT molecular complexity index is 3610. The number of phenols is 2. The smallest absolute Gasteiger partial charge is 0.405 e. The van der Waals surface area contributed by atoms with Crippen LogP contribution in [-0.4, -0.2) is 139 Å². The van der Waals surface area contributed by atoms with Crippen molar-refractivity contribution in [2.45, 2.75) is 90.1 Å². The van der Waals surface area contributed by atoms with E-state index in [1.165, 1.54) is 33.0 Å². The van der Waals surface area contributed by atoms with Gasteiger partial charge in [0.15, 0.2) is 5.82 Å². The van der Waals surface area contributed by atoms with Crippen LogP contribution in [-0.2, 0) is 42.1 Å². The number of anilines is 3. The van der Waals surface area contributed by atoms with Crippen LogP contribution >= 0.6 is 0 Å². The largest absolute Gasteiger partial charge is 0.508 e. The highest BCUT2D eigenvalue weighted by Gasteiger charge is 2.35. The van der Waals surface area contributed by atoms with Crippen molar-refractivity contribution < 1.29 is 37.8 Å². The zero-order valence-corrected chi connectivity index (χ0v) is 48.0. The number of nitriles is 1. The van der Waals surface area contributed by atoms with E-state index in [1.54, 1.807) is 17.0 Å². The molecule has 18 nitrogen and oxygen atoms in total. The summed E-state index contributed by atoms with van der Waals surface area (Å²) < 4.78 is 40.7. The number of nitrogens with one attached hydrogen (secondary N) is 2. The lowest BCUT2D eigenvalue weighted by Gasteiger charge is -2.42. The number of fused-ring (bicyclic) bond motifs is 2. The van der Waals surface area contributed by atoms with E-state index in [4.69, 9.17) is 9.97 Å². The Morgan fingerprint density at radius 3 is 2.27 bits per heavy atom. The first-order chi connectivity index (χ1) is 40.9. The van der Waals surface area contributed by atoms with Crippen LogP contribution in [0.15, 0.2) is 116 Å². The number of carbonyl (C=O) groups is 3. The number of aromatic nitrogens is 5. The van der Waals surface area contributed by atoms with Gasteiger partial charge < -0.3 is 40.4 Å². The van der Waals surface area contributed by atoms with Crippen LogP contribution in [0.25, 0.3) is 27.8 Å². The number of amides is 3. The summed E-state index contributed by atoms with van der Waals surface area (Å²) in [6.07, 6.45) is 0.535. The minimum atomic E-state index is -4.66. The molecule has 2 saturated heterocycles. The van der Waals surface area contributed by atoms with Crippen molar-refractivity contribution in [3.05, 3.63) is 155 Å². The number of alkyl halides is 3. The number of benzene rings is 5. The fourth-order valence-electron chi connectivity index (χ4n) is 11.9. The summed E-state index contributed by atoms with van der Waals surface area (Å²) in [5.74, 6) is -0.579. The Hall–Kier alpha value is -9.03. The van der Waals surface area contributed by atoms with Gasteiger partial charge in [0.25, 0.3) is 5.91 Å². The van der Waals surface area contributed by atoms with E-state index < -0.39 is 24.5 Å². The second kappa shape index (κ2) is 25.9. The molecule has 0 bridgehead atoms. The molecule has 10 rings (SSSR count). The summed E-state index contributed by atoms with van der Waals surface area (Å²) in [4.78, 5) is 60.2. The van der Waals surface area contributed by atoms with Crippen LogP contribution in [0.3, 0.4) is 0 Å². The van der Waals surface area contributed by atoms with Crippen LogP contribution < -0.4 is 20.4 Å². The standard InChI is InChI=1S/C64H70F3N13O5/c1-5-57(83)79-32-31-78(38-48(79)21-26-68)59-50-25-30-77(54-12-8-10-46-9-6-7-11-49(46)54)39-53(50)71-63(72-59)69-27-22-58(84)76-28-23-43(24-29-76)33-42-13-15-44(16-14-42)36-75(4)37-45-17-19-47(20-18-45)80-60(52-34-51(41(2)3)55(81)35-56(52)82)73-74-61(80)62(85)70-40-64(65,66)67/h5-20,34-35,41,43,48,81-82H,1,21-25,27-33,36-40H2,2-4H3,(H,70,85)(H,69,71,72). The van der Waals surface area contributed by atoms with Gasteiger partial charge >= 0.3 is 6.18 Å². The summed E-state index contributed by atoms with van der Waals surface area (Å²) in [7, 11) is 2.00. The molecule has 442 valence electrons. The average Bonchev–Trinajstić information content (AvgIpc) is 2.63. The van der Waals surface area contributed by atoms with Crippen molar-refractivity contribution in [1.82, 2.24) is 44.7 Å². The molecule has 0 saturated carbocycles. The monoisotopic (exact) mass is 1160 g/mol. The molecular weight excluding hydrogens is 1090 g/mol. The van der Waals surface area contributed by atoms with E-state index >= 15 is 0 Å². The SMILES string of the molecule is C=CC(=O)N1CCN(c2nc(NCCC(=O)N3CCC(Cc4ccc(CN(C)Cc5ccc(-n6c(C(=O)NCC(F)(F)F)nnc6-c6cc(C(C)C)c(O)cc6O)cc5)cc4)CC3)nc3c2CCN(c2cccc4ccccc24)C3)CC1CC#N. The highest BCUT2D eigenvalue weighted by molar-refractivity contribution is 5.95. The fourth-order valence-corrected chi connectivity index (χ4v) is 11.9. The second-order valence-electron chi connectivity index (χ2n) is 22.6. The normalized spacial score (nSPS) is 15.7. The van der Waals surface area contributed by atoms with Crippen molar-refractivity contribution in [3.63, 3.8) is 0 Å². The van der Waals surface area contributed by atoms with Crippen LogP contribution in [0.2, 0.25) is 0 Å². The number of likely N-dealkylation sites (tertiary alicyclic amines) is 1. The van der Waals surface area contributed by atoms with Gasteiger partial charge in [0.2, 0.25) is 23.6 Å². The number of phenolic OH excluding ortho intramolecular Hbond substituents is 2. The Morgan fingerprint density at radius 2 is 1.56 bits per heavy atom. The molecule has 21 heteroatoms. The predicted molar refractivity (Wildman–Crippen MR) is 319 cm³/mol. The Labute approximate surface area is 492 Å². The van der Waals surface area contributed by atoms with E-state index in [0.717, 1.165) is 65.8 Å². The third-order valence-corrected chi connectivity index (χ3v) is 16.3. The molecule has 2 aromatic heterocycles. The minimum absolute atomic E-state index is 0.00521. The Kier molecular flexibility index (Phi) is 18.0. The zero-order chi connectivity index (χ0) is 59.9. The lowest BCUT2D eigenvalue weighted by atomic mass is 9.90. The molecule has 5 aromatic carbocycles. The molecule has 7 aromatic rings. The van der Waals surface area contributed by atoms with Gasteiger partial charge in [0.05, 0.1) is 36.3 Å². The van der Waals surface area contributed by atoms with E-state index in [1.807, 2.05) is 49.3 Å². The average molecular weight is 1160 g/mol. The maximum absolute atomic E-state index is 13.7. The third kappa shape index (κ3) is 13.8. The lowest BCUT2D eigenvalue weighted by Crippen LogP contribution is -2.55. The number of rotatable bonds is 19. The van der Waals surface area contributed by atoms with Crippen LogP contribution in [0.4, 0.5) is 30.6 Å². The Balaban J connectivity index is 0.726. The second-order valence-corrected chi connectivity index (χ2v) is 22.6. The number of carbonyl (C=O) groups excluding carboxylic acids is 3. The summed E-state index contributed by atoms with van der Waals surface area (Å²) in [6, 6.07) is 35.1. The van der Waals surface area contributed by atoms with E-state index in [0.29, 0.717) is 88.4 Å². The highest BCUT2D eigenvalue weighted by Crippen LogP contribution is 2.39. The molecule has 1 atom stereocenters. The summed E-state index contributed by atoms with van der Waals surface area (Å²) in [5.41, 5.74) is 7.39. The van der Waals surface area contributed by atoms with Crippen molar-refractivity contribution >= 4 is 45.9 Å². The molecule has 2 fully saturated rings. The number of nitrogens with zero attached hydrogens (tertiary/aromatic N) is 11. The van der Waals surface area contributed by atoms with Gasteiger partial charge in [-0.3, -0.25) is 23.9 Å². The molecule has 3 aliphatic rings. The number of aromatic hydroxyl groups is 2. The molecular formula is C64H70F3N13O5. The molecule has 0 aliphatic carbocycles. The number of hydrogen-bond acceptors (Lipinski definition) is 14. The van der Waals surface area contributed by atoms with E-state index in [9.17, 15) is 43.0 Å². The molecule has 5 heterocycles. The molecule has 0 radical (unpaired) electrons. The lowest BCUT2D eigenvalue weighted by molar-refractivity contribution is -0.132. The quantitative estimate of drug-likeness (QED) is 0.0556. The van der Waals surface area contributed by atoms with Crippen LogP contribution in [0, 0.1) is 17.2 Å². The van der Waals surface area contributed by atoms with Crippen molar-refractivity contribution in [2.75, 3.05) is 74.5 Å². The van der Waals surface area contributed by atoms with Crippen molar-refractivity contribution in [1.29, 1.82) is 5.26 Å². The first kappa shape index (κ1) is 59.1. The maximum Gasteiger partial charge on any atom is 0.405 e. The summed E-state index contributed by atoms with van der Waals surface area (Å²) in [6.45, 7) is 11.5. The van der Waals surface area contributed by atoms with Gasteiger partial charge in [0, 0.05) is 93.7 Å². The van der Waals surface area contributed by atoms with Crippen molar-refractivity contribution in [3.8, 4) is 34.6 Å². The van der Waals surface area contributed by atoms with Gasteiger partial charge in [-0.2, -0.15) is 23.4 Å². The highest BCUT2D eigenvalue weighted by atomic mass is 19.4. The predicted octanol–water partition coefficient (Wildman–Crippen LogP) is 9.30. The van der Waals surface area contributed by atoms with Gasteiger partial charge in [-0.1, -0.05) is 93.2 Å². The molecule has 3 aliphatic heterocycles. The van der Waals surface area contributed by atoms with Crippen LogP contribution in [0.1, 0.15) is 89.6 Å². The van der Waals surface area contributed by atoms with Gasteiger partial charge in [-0.05, 0) is 103 Å². The Morgan fingerprint density at radius 1 is 0.859 bits per heavy atom. The summed E-state index contributed by atoms with van der Waals surface area (Å²) in [5, 5.41) is 46.8. The van der Waals surface area contributed by atoms with Crippen LogP contribution in [0.5, 0.6) is 11.5 Å². The minimum Gasteiger partial charge on any atom is -0.508 e. The first-order valence-corrected chi connectivity index (χ1v) is 28.8. The van der Waals surface area contributed by atoms with E-state index in [-0.39, 0.29) is 59.5 Å². The number of piperidine rings is 1.